The zero-order valence-corrected chi connectivity index (χ0v) is 12.5. The van der Waals surface area contributed by atoms with Gasteiger partial charge in [-0.05, 0) is 32.3 Å². The molecule has 1 saturated carbocycles. The van der Waals surface area contributed by atoms with Crippen molar-refractivity contribution in [1.29, 1.82) is 0 Å². The highest BCUT2D eigenvalue weighted by molar-refractivity contribution is 5.80. The zero-order chi connectivity index (χ0) is 15.4. The van der Waals surface area contributed by atoms with E-state index in [1.54, 1.807) is 11.8 Å². The topological polar surface area (TPSA) is 69.6 Å². The van der Waals surface area contributed by atoms with Crippen LogP contribution in [0.25, 0.3) is 0 Å². The number of nitrogens with one attached hydrogen (secondary N) is 1. The second-order valence-electron chi connectivity index (χ2n) is 5.68. The van der Waals surface area contributed by atoms with Gasteiger partial charge in [0.05, 0.1) is 6.54 Å². The van der Waals surface area contributed by atoms with Crippen LogP contribution in [0.2, 0.25) is 0 Å². The van der Waals surface area contributed by atoms with Crippen LogP contribution in [0.4, 0.5) is 0 Å². The third kappa shape index (κ3) is 4.56. The number of benzene rings is 1. The molecule has 1 unspecified atom stereocenters. The molecular weight excluding hydrogens is 268 g/mol. The van der Waals surface area contributed by atoms with Gasteiger partial charge in [0.25, 0.3) is 0 Å². The summed E-state index contributed by atoms with van der Waals surface area (Å²) in [4.78, 5) is 24.9. The Morgan fingerprint density at radius 2 is 1.95 bits per heavy atom. The number of carbonyl (C=O) groups excluding carboxylic acids is 1. The number of carboxylic acids is 1. The summed E-state index contributed by atoms with van der Waals surface area (Å²) in [7, 11) is 0. The lowest BCUT2D eigenvalue weighted by molar-refractivity contribution is -0.143. The van der Waals surface area contributed by atoms with E-state index in [4.69, 9.17) is 5.11 Å². The van der Waals surface area contributed by atoms with Crippen molar-refractivity contribution in [3.8, 4) is 0 Å². The molecule has 5 heteroatoms. The van der Waals surface area contributed by atoms with Crippen LogP contribution >= 0.6 is 0 Å². The van der Waals surface area contributed by atoms with Crippen molar-refractivity contribution in [2.24, 2.45) is 0 Å². The molecule has 0 bridgehead atoms. The van der Waals surface area contributed by atoms with Gasteiger partial charge in [-0.2, -0.15) is 0 Å². The van der Waals surface area contributed by atoms with E-state index in [1.807, 2.05) is 31.2 Å². The lowest BCUT2D eigenvalue weighted by Crippen LogP contribution is -2.46. The molecule has 114 valence electrons. The predicted octanol–water partition coefficient (Wildman–Crippen LogP) is 1.55. The lowest BCUT2D eigenvalue weighted by Gasteiger charge is -2.25. The van der Waals surface area contributed by atoms with Gasteiger partial charge in [0, 0.05) is 12.6 Å². The second-order valence-corrected chi connectivity index (χ2v) is 5.68. The highest BCUT2D eigenvalue weighted by Gasteiger charge is 2.35. The maximum atomic E-state index is 12.0. The van der Waals surface area contributed by atoms with E-state index in [1.165, 1.54) is 5.56 Å². The molecule has 0 spiro atoms. The van der Waals surface area contributed by atoms with Gasteiger partial charge in [-0.15, -0.1) is 0 Å². The Kier molecular flexibility index (Phi) is 4.96. The van der Waals surface area contributed by atoms with E-state index in [0.29, 0.717) is 6.54 Å². The molecule has 0 radical (unpaired) electrons. The number of carboxylic acid groups (broad SMARTS) is 1. The molecule has 5 nitrogen and oxygen atoms in total. The number of nitrogens with zero attached hydrogens (tertiary/aromatic N) is 1. The minimum atomic E-state index is -0.881. The summed E-state index contributed by atoms with van der Waals surface area (Å²) in [6.07, 6.45) is 1.95. The van der Waals surface area contributed by atoms with E-state index < -0.39 is 12.0 Å². The maximum Gasteiger partial charge on any atom is 0.320 e. The Hall–Kier alpha value is -1.88. The Bertz CT molecular complexity index is 509. The predicted molar refractivity (Wildman–Crippen MR) is 79.9 cm³/mol. The molecule has 0 aromatic heterocycles. The summed E-state index contributed by atoms with van der Waals surface area (Å²) in [5.41, 5.74) is 2.22. The molecule has 0 aliphatic heterocycles. The molecule has 1 atom stereocenters. The number of hydrogen-bond donors (Lipinski definition) is 2. The van der Waals surface area contributed by atoms with E-state index in [0.717, 1.165) is 18.4 Å². The fourth-order valence-corrected chi connectivity index (χ4v) is 2.26. The quantitative estimate of drug-likeness (QED) is 0.799. The van der Waals surface area contributed by atoms with E-state index in [9.17, 15) is 9.59 Å². The average Bonchev–Trinajstić information content (AvgIpc) is 3.28. The minimum absolute atomic E-state index is 0.129. The van der Waals surface area contributed by atoms with Crippen molar-refractivity contribution in [3.63, 3.8) is 0 Å². The lowest BCUT2D eigenvalue weighted by atomic mass is 10.1. The van der Waals surface area contributed by atoms with E-state index in [-0.39, 0.29) is 18.5 Å². The molecule has 1 aromatic carbocycles. The van der Waals surface area contributed by atoms with Crippen LogP contribution in [0.15, 0.2) is 24.3 Å². The molecule has 2 rings (SSSR count). The van der Waals surface area contributed by atoms with Crippen LogP contribution in [0.1, 0.15) is 30.9 Å². The fourth-order valence-electron chi connectivity index (χ4n) is 2.26. The molecule has 1 aromatic rings. The summed E-state index contributed by atoms with van der Waals surface area (Å²) < 4.78 is 0. The van der Waals surface area contributed by atoms with Gasteiger partial charge in [-0.25, -0.2) is 0 Å². The Labute approximate surface area is 125 Å². The third-order valence-corrected chi connectivity index (χ3v) is 3.81. The summed E-state index contributed by atoms with van der Waals surface area (Å²) in [6, 6.07) is 7.58. The van der Waals surface area contributed by atoms with E-state index in [2.05, 4.69) is 5.32 Å². The highest BCUT2D eigenvalue weighted by atomic mass is 16.4. The first-order valence-electron chi connectivity index (χ1n) is 7.28. The first-order valence-corrected chi connectivity index (χ1v) is 7.28. The maximum absolute atomic E-state index is 12.0. The van der Waals surface area contributed by atoms with Gasteiger partial charge in [-0.1, -0.05) is 29.8 Å². The van der Waals surface area contributed by atoms with Crippen molar-refractivity contribution < 1.29 is 14.7 Å². The average molecular weight is 290 g/mol. The fraction of sp³-hybridized carbons (Fsp3) is 0.500. The van der Waals surface area contributed by atoms with Gasteiger partial charge < -0.3 is 10.4 Å². The van der Waals surface area contributed by atoms with Crippen LogP contribution in [0.3, 0.4) is 0 Å². The monoisotopic (exact) mass is 290 g/mol. The molecule has 1 amide bonds. The largest absolute Gasteiger partial charge is 0.480 e. The molecular formula is C16H22N2O3. The van der Waals surface area contributed by atoms with Crippen molar-refractivity contribution in [1.82, 2.24) is 10.2 Å². The van der Waals surface area contributed by atoms with Crippen LogP contribution in [0.5, 0.6) is 0 Å². The number of aryl methyl sites for hydroxylation is 1. The number of hydrogen-bond acceptors (Lipinski definition) is 3. The second kappa shape index (κ2) is 6.72. The zero-order valence-electron chi connectivity index (χ0n) is 12.5. The molecule has 1 fully saturated rings. The van der Waals surface area contributed by atoms with Gasteiger partial charge in [-0.3, -0.25) is 14.5 Å². The normalized spacial score (nSPS) is 15.8. The van der Waals surface area contributed by atoms with Crippen LogP contribution in [0, 0.1) is 6.92 Å². The van der Waals surface area contributed by atoms with Crippen LogP contribution in [-0.2, 0) is 16.1 Å². The van der Waals surface area contributed by atoms with Crippen LogP contribution < -0.4 is 5.32 Å². The standard InChI is InChI=1S/C16H22N2O3/c1-11-3-5-13(6-4-11)9-17-15(19)10-18(14-7-8-14)12(2)16(20)21/h3-6,12,14H,7-10H2,1-2H3,(H,17,19)(H,20,21). The Morgan fingerprint density at radius 3 is 2.48 bits per heavy atom. The number of rotatable bonds is 7. The van der Waals surface area contributed by atoms with Crippen molar-refractivity contribution in [2.45, 2.75) is 45.3 Å². The minimum Gasteiger partial charge on any atom is -0.480 e. The Balaban J connectivity index is 1.84. The first-order chi connectivity index (χ1) is 9.97. The summed E-state index contributed by atoms with van der Waals surface area (Å²) in [5.74, 6) is -1.01. The number of carbonyl (C=O) groups is 2. The van der Waals surface area contributed by atoms with Gasteiger partial charge >= 0.3 is 5.97 Å². The smallest absolute Gasteiger partial charge is 0.320 e. The first kappa shape index (κ1) is 15.5. The van der Waals surface area contributed by atoms with Crippen molar-refractivity contribution >= 4 is 11.9 Å². The highest BCUT2D eigenvalue weighted by Crippen LogP contribution is 2.28. The van der Waals surface area contributed by atoms with Crippen molar-refractivity contribution in [3.05, 3.63) is 35.4 Å². The summed E-state index contributed by atoms with van der Waals surface area (Å²) in [6.45, 7) is 4.26. The number of amides is 1. The SMILES string of the molecule is Cc1ccc(CNC(=O)CN(C2CC2)C(C)C(=O)O)cc1. The Morgan fingerprint density at radius 1 is 1.33 bits per heavy atom. The third-order valence-electron chi connectivity index (χ3n) is 3.81. The van der Waals surface area contributed by atoms with Gasteiger partial charge in [0.1, 0.15) is 6.04 Å². The molecule has 1 aliphatic rings. The van der Waals surface area contributed by atoms with Gasteiger partial charge in [0.2, 0.25) is 5.91 Å². The molecule has 1 aliphatic carbocycles. The summed E-state index contributed by atoms with van der Waals surface area (Å²) in [5, 5.41) is 12.0. The van der Waals surface area contributed by atoms with Crippen molar-refractivity contribution in [2.75, 3.05) is 6.54 Å². The molecule has 0 saturated heterocycles. The summed E-state index contributed by atoms with van der Waals surface area (Å²) >= 11 is 0. The molecule has 2 N–H and O–H groups in total. The van der Waals surface area contributed by atoms with Gasteiger partial charge in [0.15, 0.2) is 0 Å². The van der Waals surface area contributed by atoms with Crippen LogP contribution in [-0.4, -0.2) is 40.5 Å². The molecule has 0 heterocycles. The number of aliphatic carboxylic acids is 1. The molecule has 21 heavy (non-hydrogen) atoms. The van der Waals surface area contributed by atoms with E-state index >= 15 is 0 Å².